The van der Waals surface area contributed by atoms with Crippen LogP contribution in [0.5, 0.6) is 5.19 Å². The first kappa shape index (κ1) is 18.5. The molecule has 0 unspecified atom stereocenters. The molecule has 3 aromatic rings. The number of ether oxygens (including phenoxy) is 1. The van der Waals surface area contributed by atoms with E-state index >= 15 is 0 Å². The van der Waals surface area contributed by atoms with E-state index in [-0.39, 0.29) is 10.7 Å². The number of amides is 1. The average Bonchev–Trinajstić information content (AvgIpc) is 2.93. The molecule has 0 atom stereocenters. The number of nitrogens with one attached hydrogen (secondary N) is 1. The molecule has 0 saturated carbocycles. The molecule has 0 aliphatic rings. The zero-order valence-electron chi connectivity index (χ0n) is 14.7. The summed E-state index contributed by atoms with van der Waals surface area (Å²) in [7, 11) is 0. The Morgan fingerprint density at radius 1 is 1.15 bits per heavy atom. The first-order chi connectivity index (χ1) is 12.3. The summed E-state index contributed by atoms with van der Waals surface area (Å²) in [5.41, 5.74) is 2.24. The number of hydrogen-bond acceptors (Lipinski definition) is 6. The predicted octanol–water partition coefficient (Wildman–Crippen LogP) is 4.41. The minimum Gasteiger partial charge on any atom is -0.381 e. The fourth-order valence-electron chi connectivity index (χ4n) is 2.24. The van der Waals surface area contributed by atoms with E-state index in [1.807, 2.05) is 45.0 Å². The molecule has 8 heteroatoms. The second kappa shape index (κ2) is 7.55. The normalized spacial score (nSPS) is 11.5. The number of hydrogen-bond donors (Lipinski definition) is 1. The number of thiazole rings is 1. The molecule has 136 valence electrons. The summed E-state index contributed by atoms with van der Waals surface area (Å²) in [6, 6.07) is 7.55. The standard InChI is InChI=1S/C18H19ClN4O2S/c1-18(2,3)23-16(24)25-17-22-14-9-8-13(21-15(14)26-17)7-6-12-5-4-11(19)10-20-12/h4-5,8-10H,6-7H2,1-3H3,(H,23,24). The van der Waals surface area contributed by atoms with Gasteiger partial charge in [-0.15, -0.1) is 0 Å². The SMILES string of the molecule is CC(C)(C)NC(=O)Oc1nc2ccc(CCc3ccc(Cl)cn3)nc2s1. The van der Waals surface area contributed by atoms with Crippen LogP contribution in [0.15, 0.2) is 30.5 Å². The van der Waals surface area contributed by atoms with E-state index in [0.717, 1.165) is 29.1 Å². The minimum absolute atomic E-state index is 0.283. The van der Waals surface area contributed by atoms with Gasteiger partial charge in [0.2, 0.25) is 0 Å². The van der Waals surface area contributed by atoms with E-state index in [1.54, 1.807) is 6.20 Å². The van der Waals surface area contributed by atoms with Crippen molar-refractivity contribution in [3.8, 4) is 5.19 Å². The van der Waals surface area contributed by atoms with Crippen molar-refractivity contribution in [2.24, 2.45) is 0 Å². The van der Waals surface area contributed by atoms with Gasteiger partial charge >= 0.3 is 6.09 Å². The lowest BCUT2D eigenvalue weighted by Gasteiger charge is -2.18. The van der Waals surface area contributed by atoms with E-state index < -0.39 is 6.09 Å². The Hall–Kier alpha value is -2.25. The van der Waals surface area contributed by atoms with E-state index in [9.17, 15) is 4.79 Å². The number of halogens is 1. The van der Waals surface area contributed by atoms with Crippen LogP contribution in [0.1, 0.15) is 32.2 Å². The third-order valence-corrected chi connectivity index (χ3v) is 4.44. The molecule has 0 fully saturated rings. The highest BCUT2D eigenvalue weighted by Gasteiger charge is 2.17. The van der Waals surface area contributed by atoms with Gasteiger partial charge in [0, 0.05) is 23.1 Å². The molecule has 26 heavy (non-hydrogen) atoms. The maximum atomic E-state index is 11.9. The lowest BCUT2D eigenvalue weighted by atomic mass is 10.1. The van der Waals surface area contributed by atoms with Gasteiger partial charge in [0.05, 0.1) is 5.02 Å². The number of aromatic nitrogens is 3. The first-order valence-electron chi connectivity index (χ1n) is 8.15. The van der Waals surface area contributed by atoms with Crippen molar-refractivity contribution in [2.45, 2.75) is 39.2 Å². The van der Waals surface area contributed by atoms with Gasteiger partial charge in [-0.05, 0) is 57.9 Å². The van der Waals surface area contributed by atoms with Crippen molar-refractivity contribution in [1.82, 2.24) is 20.3 Å². The van der Waals surface area contributed by atoms with Gasteiger partial charge in [-0.3, -0.25) is 4.98 Å². The lowest BCUT2D eigenvalue weighted by molar-refractivity contribution is 0.190. The van der Waals surface area contributed by atoms with Crippen LogP contribution in [-0.2, 0) is 12.8 Å². The number of fused-ring (bicyclic) bond motifs is 1. The summed E-state index contributed by atoms with van der Waals surface area (Å²) >= 11 is 7.10. The van der Waals surface area contributed by atoms with Gasteiger partial charge in [-0.2, -0.15) is 0 Å². The first-order valence-corrected chi connectivity index (χ1v) is 9.35. The molecular weight excluding hydrogens is 372 g/mol. The number of rotatable bonds is 4. The van der Waals surface area contributed by atoms with Crippen LogP contribution in [0.3, 0.4) is 0 Å². The number of carbonyl (C=O) groups excluding carboxylic acids is 1. The number of carbonyl (C=O) groups is 1. The summed E-state index contributed by atoms with van der Waals surface area (Å²) < 4.78 is 5.25. The fraction of sp³-hybridized carbons (Fsp3) is 0.333. The molecule has 0 saturated heterocycles. The van der Waals surface area contributed by atoms with Gasteiger partial charge in [0.1, 0.15) is 10.3 Å². The number of nitrogens with zero attached hydrogens (tertiary/aromatic N) is 3. The van der Waals surface area contributed by atoms with Gasteiger partial charge in [0.15, 0.2) is 0 Å². The fourth-order valence-corrected chi connectivity index (χ4v) is 3.16. The monoisotopic (exact) mass is 390 g/mol. The average molecular weight is 391 g/mol. The van der Waals surface area contributed by atoms with Crippen molar-refractivity contribution in [3.05, 3.63) is 46.9 Å². The molecular formula is C18H19ClN4O2S. The van der Waals surface area contributed by atoms with Crippen LogP contribution in [0.2, 0.25) is 5.02 Å². The molecule has 0 aromatic carbocycles. The number of aryl methyl sites for hydroxylation is 2. The molecule has 0 aliphatic carbocycles. The van der Waals surface area contributed by atoms with Gasteiger partial charge in [-0.1, -0.05) is 22.9 Å². The van der Waals surface area contributed by atoms with Crippen LogP contribution < -0.4 is 10.1 Å². The maximum Gasteiger partial charge on any atom is 0.414 e. The highest BCUT2D eigenvalue weighted by Crippen LogP contribution is 2.26. The lowest BCUT2D eigenvalue weighted by Crippen LogP contribution is -2.42. The summed E-state index contributed by atoms with van der Waals surface area (Å²) in [4.78, 5) is 25.8. The Morgan fingerprint density at radius 2 is 1.88 bits per heavy atom. The van der Waals surface area contributed by atoms with Gasteiger partial charge < -0.3 is 10.1 Å². The Morgan fingerprint density at radius 3 is 2.58 bits per heavy atom. The van der Waals surface area contributed by atoms with Crippen LogP contribution in [0.4, 0.5) is 4.79 Å². The van der Waals surface area contributed by atoms with Crippen LogP contribution in [0, 0.1) is 0 Å². The van der Waals surface area contributed by atoms with Crippen molar-refractivity contribution >= 4 is 39.4 Å². The van der Waals surface area contributed by atoms with Crippen molar-refractivity contribution < 1.29 is 9.53 Å². The molecule has 1 amide bonds. The van der Waals surface area contributed by atoms with E-state index in [0.29, 0.717) is 10.5 Å². The molecule has 6 nitrogen and oxygen atoms in total. The van der Waals surface area contributed by atoms with E-state index in [1.165, 1.54) is 11.3 Å². The second-order valence-electron chi connectivity index (χ2n) is 6.84. The highest BCUT2D eigenvalue weighted by atomic mass is 35.5. The topological polar surface area (TPSA) is 77.0 Å². The molecule has 3 rings (SSSR count). The second-order valence-corrected chi connectivity index (χ2v) is 8.22. The molecule has 0 aliphatic heterocycles. The third-order valence-electron chi connectivity index (χ3n) is 3.38. The third kappa shape index (κ3) is 5.12. The minimum atomic E-state index is -0.523. The predicted molar refractivity (Wildman–Crippen MR) is 103 cm³/mol. The molecule has 0 bridgehead atoms. The molecule has 0 radical (unpaired) electrons. The molecule has 3 heterocycles. The summed E-state index contributed by atoms with van der Waals surface area (Å²) in [5.74, 6) is 0. The van der Waals surface area contributed by atoms with Gasteiger partial charge in [-0.25, -0.2) is 14.8 Å². The van der Waals surface area contributed by atoms with E-state index in [4.69, 9.17) is 16.3 Å². The Bertz CT molecular complexity index is 919. The van der Waals surface area contributed by atoms with Crippen molar-refractivity contribution in [1.29, 1.82) is 0 Å². The quantitative estimate of drug-likeness (QED) is 0.713. The van der Waals surface area contributed by atoms with Crippen molar-refractivity contribution in [2.75, 3.05) is 0 Å². The van der Waals surface area contributed by atoms with Crippen LogP contribution in [0.25, 0.3) is 10.3 Å². The van der Waals surface area contributed by atoms with E-state index in [2.05, 4.69) is 20.3 Å². The number of pyridine rings is 2. The van der Waals surface area contributed by atoms with Crippen molar-refractivity contribution in [3.63, 3.8) is 0 Å². The molecule has 0 spiro atoms. The molecule has 3 aromatic heterocycles. The van der Waals surface area contributed by atoms with Crippen LogP contribution >= 0.6 is 22.9 Å². The summed E-state index contributed by atoms with van der Waals surface area (Å²) in [6.07, 6.45) is 2.64. The van der Waals surface area contributed by atoms with Crippen LogP contribution in [-0.4, -0.2) is 26.6 Å². The Kier molecular flexibility index (Phi) is 5.38. The Labute approximate surface area is 160 Å². The Balaban J connectivity index is 1.67. The molecule has 1 N–H and O–H groups in total. The highest BCUT2D eigenvalue weighted by molar-refractivity contribution is 7.19. The smallest absolute Gasteiger partial charge is 0.381 e. The maximum absolute atomic E-state index is 11.9. The zero-order chi connectivity index (χ0) is 18.7. The summed E-state index contributed by atoms with van der Waals surface area (Å²) in [6.45, 7) is 5.65. The largest absolute Gasteiger partial charge is 0.414 e. The summed E-state index contributed by atoms with van der Waals surface area (Å²) in [5, 5.41) is 3.64. The zero-order valence-corrected chi connectivity index (χ0v) is 16.3. The van der Waals surface area contributed by atoms with Gasteiger partial charge in [0.25, 0.3) is 5.19 Å².